The molecule has 5 nitrogen and oxygen atoms in total. The Bertz CT molecular complexity index is 965. The second-order valence-corrected chi connectivity index (χ2v) is 6.68. The zero-order chi connectivity index (χ0) is 19.4. The number of fused-ring (bicyclic) bond motifs is 1. The monoisotopic (exact) mass is 363 g/mol. The van der Waals surface area contributed by atoms with Crippen molar-refractivity contribution in [1.29, 1.82) is 0 Å². The number of carboxylic acids is 2. The SMILES string of the molecule is N[C@H](C[C@H](Cc1ccc(-c2ccc3ccccc3c2)cc1)C(=O)O)C(=O)O. The maximum Gasteiger partial charge on any atom is 0.320 e. The highest BCUT2D eigenvalue weighted by Crippen LogP contribution is 2.25. The lowest BCUT2D eigenvalue weighted by Crippen LogP contribution is -2.35. The maximum absolute atomic E-state index is 11.4. The number of hydrogen-bond donors (Lipinski definition) is 3. The van der Waals surface area contributed by atoms with E-state index in [1.807, 2.05) is 36.4 Å². The van der Waals surface area contributed by atoms with Crippen LogP contribution < -0.4 is 5.73 Å². The highest BCUT2D eigenvalue weighted by atomic mass is 16.4. The molecule has 27 heavy (non-hydrogen) atoms. The average Bonchev–Trinajstić information content (AvgIpc) is 2.67. The van der Waals surface area contributed by atoms with E-state index in [9.17, 15) is 14.7 Å². The fourth-order valence-electron chi connectivity index (χ4n) is 3.17. The number of hydrogen-bond acceptors (Lipinski definition) is 3. The van der Waals surface area contributed by atoms with Crippen molar-refractivity contribution in [1.82, 2.24) is 0 Å². The van der Waals surface area contributed by atoms with E-state index in [4.69, 9.17) is 10.8 Å². The van der Waals surface area contributed by atoms with Crippen molar-refractivity contribution in [3.63, 3.8) is 0 Å². The van der Waals surface area contributed by atoms with Crippen LogP contribution in [0.4, 0.5) is 0 Å². The molecule has 4 N–H and O–H groups in total. The van der Waals surface area contributed by atoms with E-state index in [1.165, 1.54) is 5.39 Å². The molecule has 3 aromatic carbocycles. The first-order valence-corrected chi connectivity index (χ1v) is 8.73. The first-order chi connectivity index (χ1) is 12.9. The molecule has 0 aliphatic carbocycles. The summed E-state index contributed by atoms with van der Waals surface area (Å²) in [6.07, 6.45) is 0.144. The standard InChI is InChI=1S/C22H21NO4/c23-20(22(26)27)13-19(21(24)25)11-14-5-7-16(8-6-14)18-10-9-15-3-1-2-4-17(15)12-18/h1-10,12,19-20H,11,13,23H2,(H,24,25)(H,26,27)/t19-,20+/m0/s1. The summed E-state index contributed by atoms with van der Waals surface area (Å²) in [4.78, 5) is 22.3. The molecule has 0 aromatic heterocycles. The second-order valence-electron chi connectivity index (χ2n) is 6.68. The van der Waals surface area contributed by atoms with Gasteiger partial charge in [-0.3, -0.25) is 9.59 Å². The lowest BCUT2D eigenvalue weighted by molar-refractivity contribution is -0.143. The molecule has 5 heteroatoms. The largest absolute Gasteiger partial charge is 0.481 e. The Kier molecular flexibility index (Phi) is 5.52. The molecule has 2 atom stereocenters. The third kappa shape index (κ3) is 4.51. The summed E-state index contributed by atoms with van der Waals surface area (Å²) in [7, 11) is 0. The van der Waals surface area contributed by atoms with Crippen LogP contribution in [-0.4, -0.2) is 28.2 Å². The Morgan fingerprint density at radius 2 is 1.44 bits per heavy atom. The highest BCUT2D eigenvalue weighted by Gasteiger charge is 2.24. The van der Waals surface area contributed by atoms with Crippen LogP contribution in [0.2, 0.25) is 0 Å². The molecule has 3 aromatic rings. The van der Waals surface area contributed by atoms with E-state index in [0.717, 1.165) is 22.1 Å². The Hall–Kier alpha value is -3.18. The van der Waals surface area contributed by atoms with E-state index in [-0.39, 0.29) is 12.8 Å². The van der Waals surface area contributed by atoms with Crippen LogP contribution in [0.3, 0.4) is 0 Å². The van der Waals surface area contributed by atoms with E-state index in [0.29, 0.717) is 0 Å². The predicted octanol–water partition coefficient (Wildman–Crippen LogP) is 3.55. The van der Waals surface area contributed by atoms with Gasteiger partial charge in [0.05, 0.1) is 5.92 Å². The Morgan fingerprint density at radius 1 is 0.815 bits per heavy atom. The molecular weight excluding hydrogens is 342 g/mol. The summed E-state index contributed by atoms with van der Waals surface area (Å²) in [5.74, 6) is -3.05. The fraction of sp³-hybridized carbons (Fsp3) is 0.182. The fourth-order valence-corrected chi connectivity index (χ4v) is 3.17. The molecular formula is C22H21NO4. The highest BCUT2D eigenvalue weighted by molar-refractivity contribution is 5.87. The Balaban J connectivity index is 1.77. The molecule has 0 radical (unpaired) electrons. The molecule has 0 aliphatic heterocycles. The molecule has 0 fully saturated rings. The number of carboxylic acid groups (broad SMARTS) is 2. The van der Waals surface area contributed by atoms with Crippen molar-refractivity contribution >= 4 is 22.7 Å². The van der Waals surface area contributed by atoms with E-state index < -0.39 is 23.9 Å². The minimum atomic E-state index is -1.19. The van der Waals surface area contributed by atoms with Gasteiger partial charge in [-0.15, -0.1) is 0 Å². The zero-order valence-corrected chi connectivity index (χ0v) is 14.7. The molecule has 0 saturated carbocycles. The van der Waals surface area contributed by atoms with Crippen molar-refractivity contribution in [3.8, 4) is 11.1 Å². The van der Waals surface area contributed by atoms with Crippen molar-refractivity contribution < 1.29 is 19.8 Å². The molecule has 0 saturated heterocycles. The number of carbonyl (C=O) groups is 2. The maximum atomic E-state index is 11.4. The van der Waals surface area contributed by atoms with Crippen molar-refractivity contribution in [2.24, 2.45) is 11.7 Å². The van der Waals surface area contributed by atoms with Gasteiger partial charge in [-0.1, -0.05) is 60.7 Å². The number of aliphatic carboxylic acids is 2. The summed E-state index contributed by atoms with van der Waals surface area (Å²) in [5.41, 5.74) is 8.46. The molecule has 0 amide bonds. The first-order valence-electron chi connectivity index (χ1n) is 8.73. The van der Waals surface area contributed by atoms with Gasteiger partial charge >= 0.3 is 11.9 Å². The van der Waals surface area contributed by atoms with E-state index >= 15 is 0 Å². The van der Waals surface area contributed by atoms with Crippen LogP contribution in [0.15, 0.2) is 66.7 Å². The predicted molar refractivity (Wildman–Crippen MR) is 104 cm³/mol. The number of rotatable bonds is 7. The normalized spacial score (nSPS) is 13.2. The average molecular weight is 363 g/mol. The molecule has 138 valence electrons. The van der Waals surface area contributed by atoms with Gasteiger partial charge in [0.2, 0.25) is 0 Å². The Morgan fingerprint density at radius 3 is 2.07 bits per heavy atom. The van der Waals surface area contributed by atoms with E-state index in [2.05, 4.69) is 30.3 Å². The molecule has 3 rings (SSSR count). The van der Waals surface area contributed by atoms with Gasteiger partial charge in [0.15, 0.2) is 0 Å². The van der Waals surface area contributed by atoms with Gasteiger partial charge in [0.1, 0.15) is 6.04 Å². The minimum absolute atomic E-state index is 0.100. The smallest absolute Gasteiger partial charge is 0.320 e. The molecule has 0 aliphatic rings. The molecule has 0 bridgehead atoms. The Labute approximate surface area is 157 Å². The van der Waals surface area contributed by atoms with Crippen molar-refractivity contribution in [2.75, 3.05) is 0 Å². The third-order valence-electron chi connectivity index (χ3n) is 4.72. The van der Waals surface area contributed by atoms with Gasteiger partial charge < -0.3 is 15.9 Å². The molecule has 0 unspecified atom stereocenters. The summed E-state index contributed by atoms with van der Waals surface area (Å²) < 4.78 is 0. The van der Waals surface area contributed by atoms with Gasteiger partial charge in [-0.05, 0) is 46.4 Å². The lowest BCUT2D eigenvalue weighted by atomic mass is 9.92. The summed E-state index contributed by atoms with van der Waals surface area (Å²) in [6.45, 7) is 0. The third-order valence-corrected chi connectivity index (χ3v) is 4.72. The number of nitrogens with two attached hydrogens (primary N) is 1. The minimum Gasteiger partial charge on any atom is -0.481 e. The van der Waals surface area contributed by atoms with Crippen LogP contribution >= 0.6 is 0 Å². The molecule has 0 spiro atoms. The quantitative estimate of drug-likeness (QED) is 0.596. The van der Waals surface area contributed by atoms with Gasteiger partial charge in [-0.25, -0.2) is 0 Å². The summed E-state index contributed by atoms with van der Waals surface area (Å²) in [6, 6.07) is 20.9. The van der Waals surface area contributed by atoms with Gasteiger partial charge in [0.25, 0.3) is 0 Å². The van der Waals surface area contributed by atoms with Crippen LogP contribution in [0.25, 0.3) is 21.9 Å². The van der Waals surface area contributed by atoms with Crippen LogP contribution in [-0.2, 0) is 16.0 Å². The topological polar surface area (TPSA) is 101 Å². The van der Waals surface area contributed by atoms with Crippen LogP contribution in [0.1, 0.15) is 12.0 Å². The summed E-state index contributed by atoms with van der Waals surface area (Å²) in [5, 5.41) is 20.6. The zero-order valence-electron chi connectivity index (χ0n) is 14.7. The lowest BCUT2D eigenvalue weighted by Gasteiger charge is -2.15. The molecule has 0 heterocycles. The van der Waals surface area contributed by atoms with E-state index in [1.54, 1.807) is 0 Å². The summed E-state index contributed by atoms with van der Waals surface area (Å²) >= 11 is 0. The van der Waals surface area contributed by atoms with Crippen molar-refractivity contribution in [2.45, 2.75) is 18.9 Å². The van der Waals surface area contributed by atoms with Gasteiger partial charge in [0, 0.05) is 0 Å². The van der Waals surface area contributed by atoms with Crippen molar-refractivity contribution in [3.05, 3.63) is 72.3 Å². The van der Waals surface area contributed by atoms with Gasteiger partial charge in [-0.2, -0.15) is 0 Å². The van der Waals surface area contributed by atoms with Crippen LogP contribution in [0, 0.1) is 5.92 Å². The first kappa shape index (κ1) is 18.6. The second kappa shape index (κ2) is 8.01. The van der Waals surface area contributed by atoms with Crippen LogP contribution in [0.5, 0.6) is 0 Å². The number of benzene rings is 3.